The highest BCUT2D eigenvalue weighted by atomic mass is 16.7. The predicted molar refractivity (Wildman–Crippen MR) is 336 cm³/mol. The lowest BCUT2D eigenvalue weighted by Crippen LogP contribution is -2.65. The van der Waals surface area contributed by atoms with Crippen LogP contribution in [-0.4, -0.2) is 140 Å². The molecule has 12 unspecified atom stereocenters. The SMILES string of the molecule is CC/C=C\C/C=C\C/C=C\C/C=C\C/C=C\C/C=C\C/C=C\C/C=C\C/C=C\C/C=C\CCCCCCC(=O)NC(COC1OC(CO)C(OC2OC(CO)C(O)C(O)C2O)C(O)C1O)C(O)CCCCCCCCCCCCCCCC. The first-order valence-electron chi connectivity index (χ1n) is 32.3. The fourth-order valence-electron chi connectivity index (χ4n) is 9.79. The van der Waals surface area contributed by atoms with Gasteiger partial charge in [0.15, 0.2) is 12.6 Å². The number of rotatable bonds is 50. The maximum absolute atomic E-state index is 13.3. The van der Waals surface area contributed by atoms with Crippen molar-refractivity contribution >= 4 is 5.91 Å². The Labute approximate surface area is 501 Å². The molecule has 14 heteroatoms. The molecular formula is C69H115NO13. The van der Waals surface area contributed by atoms with Gasteiger partial charge >= 0.3 is 0 Å². The van der Waals surface area contributed by atoms with Crippen molar-refractivity contribution in [1.82, 2.24) is 5.32 Å². The van der Waals surface area contributed by atoms with E-state index in [1.807, 2.05) is 0 Å². The van der Waals surface area contributed by atoms with E-state index in [0.717, 1.165) is 116 Å². The minimum absolute atomic E-state index is 0.236. The van der Waals surface area contributed by atoms with E-state index in [-0.39, 0.29) is 18.9 Å². The summed E-state index contributed by atoms with van der Waals surface area (Å²) in [5.41, 5.74) is 0. The van der Waals surface area contributed by atoms with Gasteiger partial charge < -0.3 is 65.1 Å². The average Bonchev–Trinajstić information content (AvgIpc) is 3.64. The van der Waals surface area contributed by atoms with Crippen molar-refractivity contribution in [2.75, 3.05) is 19.8 Å². The maximum Gasteiger partial charge on any atom is 0.220 e. The van der Waals surface area contributed by atoms with E-state index in [2.05, 4.69) is 141 Å². The molecule has 2 aliphatic heterocycles. The highest BCUT2D eigenvalue weighted by Gasteiger charge is 2.51. The van der Waals surface area contributed by atoms with E-state index in [1.54, 1.807) is 0 Å². The number of aliphatic hydroxyl groups excluding tert-OH is 8. The number of amides is 1. The third-order valence-electron chi connectivity index (χ3n) is 14.9. The summed E-state index contributed by atoms with van der Waals surface area (Å²) in [5, 5.41) is 87.3. The number of hydrogen-bond acceptors (Lipinski definition) is 13. The standard InChI is InChI=1S/C69H115NO13/c1-3-5-7-9-11-13-15-17-19-20-21-22-23-24-25-26-27-28-29-30-31-32-33-34-35-36-37-38-39-41-43-45-47-49-51-53-61(74)70-57(58(73)52-50-48-46-44-42-40-18-16-14-12-10-8-6-4-2)56-80-68-66(79)64(77)67(60(55-72)82-68)83-69-65(78)63(76)62(75)59(54-71)81-69/h5,7,11,13,17,19,21-22,24-25,27-28,30-31,33-34,36-37,39,41,57-60,62-69,71-73,75-79H,3-4,6,8-10,12,14-16,18,20,23,26,29,32,35,38,40,42-56H2,1-2H3,(H,70,74)/b7-5-,13-11-,19-17-,22-21-,25-24-,28-27-,31-30-,34-33-,37-36-,41-39-. The Balaban J connectivity index is 1.69. The first kappa shape index (κ1) is 75.5. The largest absolute Gasteiger partial charge is 0.394 e. The zero-order valence-electron chi connectivity index (χ0n) is 51.1. The average molecular weight is 1170 g/mol. The van der Waals surface area contributed by atoms with Crippen LogP contribution >= 0.6 is 0 Å². The minimum atomic E-state index is -1.79. The topological polar surface area (TPSA) is 228 Å². The van der Waals surface area contributed by atoms with Crippen molar-refractivity contribution in [3.8, 4) is 0 Å². The first-order chi connectivity index (χ1) is 40.6. The van der Waals surface area contributed by atoms with Crippen molar-refractivity contribution in [3.63, 3.8) is 0 Å². The number of ether oxygens (including phenoxy) is 4. The zero-order valence-corrected chi connectivity index (χ0v) is 51.1. The van der Waals surface area contributed by atoms with Gasteiger partial charge in [-0.05, 0) is 89.9 Å². The Hall–Kier alpha value is -3.61. The van der Waals surface area contributed by atoms with Crippen LogP contribution in [0.3, 0.4) is 0 Å². The highest BCUT2D eigenvalue weighted by Crippen LogP contribution is 2.30. The number of carbonyl (C=O) groups is 1. The van der Waals surface area contributed by atoms with Gasteiger partial charge in [-0.3, -0.25) is 4.79 Å². The summed E-state index contributed by atoms with van der Waals surface area (Å²) in [5.74, 6) is -0.236. The lowest BCUT2D eigenvalue weighted by atomic mass is 9.97. The van der Waals surface area contributed by atoms with E-state index in [4.69, 9.17) is 18.9 Å². The number of aliphatic hydroxyl groups is 8. The third kappa shape index (κ3) is 37.5. The summed E-state index contributed by atoms with van der Waals surface area (Å²) in [4.78, 5) is 13.3. The second-order valence-corrected chi connectivity index (χ2v) is 22.2. The second-order valence-electron chi connectivity index (χ2n) is 22.2. The zero-order chi connectivity index (χ0) is 60.2. The molecule has 83 heavy (non-hydrogen) atoms. The van der Waals surface area contributed by atoms with Gasteiger partial charge in [-0.25, -0.2) is 0 Å². The highest BCUT2D eigenvalue weighted by molar-refractivity contribution is 5.76. The van der Waals surface area contributed by atoms with Crippen LogP contribution in [0.1, 0.15) is 213 Å². The molecule has 0 saturated carbocycles. The van der Waals surface area contributed by atoms with Gasteiger partial charge in [-0.1, -0.05) is 238 Å². The molecule has 0 radical (unpaired) electrons. The first-order valence-corrected chi connectivity index (χ1v) is 32.3. The number of unbranched alkanes of at least 4 members (excludes halogenated alkanes) is 17. The van der Waals surface area contributed by atoms with Crippen LogP contribution in [0.2, 0.25) is 0 Å². The van der Waals surface area contributed by atoms with Gasteiger partial charge in [0.1, 0.15) is 48.8 Å². The van der Waals surface area contributed by atoms with Crippen molar-refractivity contribution in [1.29, 1.82) is 0 Å². The van der Waals surface area contributed by atoms with Gasteiger partial charge in [0.05, 0.1) is 32.0 Å². The van der Waals surface area contributed by atoms with Gasteiger partial charge in [-0.2, -0.15) is 0 Å². The molecular weight excluding hydrogens is 1050 g/mol. The summed E-state index contributed by atoms with van der Waals surface area (Å²) < 4.78 is 22.8. The molecule has 2 rings (SSSR count). The van der Waals surface area contributed by atoms with E-state index < -0.39 is 86.8 Å². The molecule has 2 aliphatic rings. The van der Waals surface area contributed by atoms with Crippen molar-refractivity contribution in [2.45, 2.75) is 286 Å². The number of carbonyl (C=O) groups excluding carboxylic acids is 1. The van der Waals surface area contributed by atoms with Gasteiger partial charge in [-0.15, -0.1) is 0 Å². The second kappa shape index (κ2) is 52.7. The molecule has 0 aromatic carbocycles. The molecule has 0 aliphatic carbocycles. The van der Waals surface area contributed by atoms with Crippen LogP contribution in [0, 0.1) is 0 Å². The summed E-state index contributed by atoms with van der Waals surface area (Å²) in [7, 11) is 0. The van der Waals surface area contributed by atoms with Crippen molar-refractivity contribution in [2.24, 2.45) is 0 Å². The van der Waals surface area contributed by atoms with Crippen molar-refractivity contribution in [3.05, 3.63) is 122 Å². The fourth-order valence-corrected chi connectivity index (χ4v) is 9.79. The molecule has 0 aromatic rings. The molecule has 2 fully saturated rings. The van der Waals surface area contributed by atoms with Gasteiger partial charge in [0, 0.05) is 6.42 Å². The van der Waals surface area contributed by atoms with E-state index in [1.165, 1.54) is 64.2 Å². The molecule has 0 aromatic heterocycles. The number of nitrogens with one attached hydrogen (secondary N) is 1. The summed E-state index contributed by atoms with van der Waals surface area (Å²) >= 11 is 0. The Morgan fingerprint density at radius 1 is 0.446 bits per heavy atom. The monoisotopic (exact) mass is 1170 g/mol. The molecule has 12 atom stereocenters. The van der Waals surface area contributed by atoms with Crippen LogP contribution in [0.15, 0.2) is 122 Å². The number of allylic oxidation sites excluding steroid dienone is 20. The molecule has 0 spiro atoms. The minimum Gasteiger partial charge on any atom is -0.394 e. The Kier molecular flexibility index (Phi) is 47.9. The molecule has 14 nitrogen and oxygen atoms in total. The van der Waals surface area contributed by atoms with Gasteiger partial charge in [0.25, 0.3) is 0 Å². The lowest BCUT2D eigenvalue weighted by Gasteiger charge is -2.46. The van der Waals surface area contributed by atoms with Gasteiger partial charge in [0.2, 0.25) is 5.91 Å². The van der Waals surface area contributed by atoms with Crippen LogP contribution in [0.5, 0.6) is 0 Å². The summed E-state index contributed by atoms with van der Waals surface area (Å²) in [6, 6.07) is -0.851. The molecule has 9 N–H and O–H groups in total. The van der Waals surface area contributed by atoms with Crippen LogP contribution in [0.4, 0.5) is 0 Å². The maximum atomic E-state index is 13.3. The normalized spacial score (nSPS) is 24.7. The molecule has 1 amide bonds. The van der Waals surface area contributed by atoms with Crippen LogP contribution in [-0.2, 0) is 23.7 Å². The Bertz CT molecular complexity index is 1850. The third-order valence-corrected chi connectivity index (χ3v) is 14.9. The molecule has 474 valence electrons. The van der Waals surface area contributed by atoms with E-state index >= 15 is 0 Å². The Morgan fingerprint density at radius 2 is 0.831 bits per heavy atom. The van der Waals surface area contributed by atoms with E-state index in [0.29, 0.717) is 12.8 Å². The van der Waals surface area contributed by atoms with Crippen LogP contribution < -0.4 is 5.32 Å². The summed E-state index contributed by atoms with van der Waals surface area (Å²) in [6.07, 6.45) is 59.1. The smallest absolute Gasteiger partial charge is 0.220 e. The van der Waals surface area contributed by atoms with E-state index in [9.17, 15) is 45.6 Å². The lowest BCUT2D eigenvalue weighted by molar-refractivity contribution is -0.359. The predicted octanol–water partition coefficient (Wildman–Crippen LogP) is 12.2. The Morgan fingerprint density at radius 3 is 1.28 bits per heavy atom. The van der Waals surface area contributed by atoms with Crippen molar-refractivity contribution < 1.29 is 64.6 Å². The summed E-state index contributed by atoms with van der Waals surface area (Å²) in [6.45, 7) is 2.71. The fraction of sp³-hybridized carbons (Fsp3) is 0.696. The van der Waals surface area contributed by atoms with Crippen LogP contribution in [0.25, 0.3) is 0 Å². The molecule has 0 bridgehead atoms. The quantitative estimate of drug-likeness (QED) is 0.0204. The molecule has 2 saturated heterocycles. The molecule has 2 heterocycles. The number of hydrogen-bond donors (Lipinski definition) is 9.